The van der Waals surface area contributed by atoms with Crippen molar-refractivity contribution >= 4 is 23.5 Å². The normalized spacial score (nSPS) is 9.62. The maximum absolute atomic E-state index is 11.5. The summed E-state index contributed by atoms with van der Waals surface area (Å²) in [4.78, 5) is 21.7. The molecule has 5 nitrogen and oxygen atoms in total. The maximum atomic E-state index is 11.5. The second-order valence-electron chi connectivity index (χ2n) is 2.92. The number of ether oxygens (including phenoxy) is 1. The van der Waals surface area contributed by atoms with Crippen molar-refractivity contribution in [3.05, 3.63) is 28.8 Å². The minimum absolute atomic E-state index is 0.210. The third-order valence-electron chi connectivity index (χ3n) is 1.82. The number of rotatable bonds is 4. The number of aliphatic carboxylic acids is 1. The second-order valence-corrected chi connectivity index (χ2v) is 3.33. The Morgan fingerprint density at radius 2 is 2.19 bits per heavy atom. The fourth-order valence-corrected chi connectivity index (χ4v) is 1.31. The lowest BCUT2D eigenvalue weighted by Crippen LogP contribution is -2.29. The van der Waals surface area contributed by atoms with E-state index in [9.17, 15) is 9.59 Å². The Morgan fingerprint density at radius 1 is 1.50 bits per heavy atom. The van der Waals surface area contributed by atoms with Crippen LogP contribution in [0.4, 0.5) is 0 Å². The molecule has 0 saturated carbocycles. The molecule has 1 aromatic rings. The topological polar surface area (TPSA) is 75.6 Å². The number of nitrogens with one attached hydrogen (secondary N) is 1. The number of hydrogen-bond donors (Lipinski definition) is 2. The Morgan fingerprint density at radius 3 is 2.69 bits per heavy atom. The van der Waals surface area contributed by atoms with Gasteiger partial charge in [0.15, 0.2) is 0 Å². The van der Waals surface area contributed by atoms with Crippen LogP contribution in [0.3, 0.4) is 0 Å². The molecule has 1 amide bonds. The molecule has 0 atom stereocenters. The van der Waals surface area contributed by atoms with E-state index in [1.165, 1.54) is 19.2 Å². The molecule has 0 aliphatic rings. The summed E-state index contributed by atoms with van der Waals surface area (Å²) in [5.41, 5.74) is 0.212. The predicted molar refractivity (Wildman–Crippen MR) is 58.0 cm³/mol. The third kappa shape index (κ3) is 3.13. The quantitative estimate of drug-likeness (QED) is 0.832. The predicted octanol–water partition coefficient (Wildman–Crippen LogP) is 1.16. The zero-order valence-electron chi connectivity index (χ0n) is 8.49. The summed E-state index contributed by atoms with van der Waals surface area (Å²) < 4.78 is 4.92. The Labute approximate surface area is 97.0 Å². The Bertz CT molecular complexity index is 419. The first-order valence-electron chi connectivity index (χ1n) is 4.38. The van der Waals surface area contributed by atoms with Gasteiger partial charge in [-0.05, 0) is 18.2 Å². The lowest BCUT2D eigenvalue weighted by Gasteiger charge is -2.06. The maximum Gasteiger partial charge on any atom is 0.322 e. The van der Waals surface area contributed by atoms with Crippen LogP contribution >= 0.6 is 11.6 Å². The molecule has 0 bridgehead atoms. The molecular formula is C10H10ClNO4. The van der Waals surface area contributed by atoms with E-state index < -0.39 is 18.4 Å². The highest BCUT2D eigenvalue weighted by Crippen LogP contribution is 2.22. The van der Waals surface area contributed by atoms with Crippen molar-refractivity contribution in [2.24, 2.45) is 0 Å². The van der Waals surface area contributed by atoms with E-state index in [1.54, 1.807) is 6.07 Å². The SMILES string of the molecule is COc1ccc(C(=O)NCC(=O)O)c(Cl)c1. The Kier molecular flexibility index (Phi) is 4.13. The van der Waals surface area contributed by atoms with Crippen LogP contribution < -0.4 is 10.1 Å². The van der Waals surface area contributed by atoms with Gasteiger partial charge in [0.1, 0.15) is 12.3 Å². The molecule has 0 heterocycles. The van der Waals surface area contributed by atoms with Gasteiger partial charge >= 0.3 is 5.97 Å². The molecule has 2 N–H and O–H groups in total. The summed E-state index contributed by atoms with van der Waals surface area (Å²) in [5.74, 6) is -1.12. The number of carboxylic acids is 1. The zero-order chi connectivity index (χ0) is 12.1. The second kappa shape index (κ2) is 5.37. The minimum atomic E-state index is -1.11. The third-order valence-corrected chi connectivity index (χ3v) is 2.13. The van der Waals surface area contributed by atoms with Gasteiger partial charge in [0.05, 0.1) is 17.7 Å². The number of methoxy groups -OCH3 is 1. The van der Waals surface area contributed by atoms with Crippen molar-refractivity contribution < 1.29 is 19.4 Å². The summed E-state index contributed by atoms with van der Waals surface area (Å²) >= 11 is 5.83. The molecule has 1 rings (SSSR count). The number of amides is 1. The molecule has 86 valence electrons. The van der Waals surface area contributed by atoms with Crippen molar-refractivity contribution in [1.29, 1.82) is 0 Å². The summed E-state index contributed by atoms with van der Waals surface area (Å²) in [6, 6.07) is 4.52. The highest BCUT2D eigenvalue weighted by molar-refractivity contribution is 6.34. The van der Waals surface area contributed by atoms with E-state index in [4.69, 9.17) is 21.4 Å². The summed E-state index contributed by atoms with van der Waals surface area (Å²) in [6.07, 6.45) is 0. The molecular weight excluding hydrogens is 234 g/mol. The van der Waals surface area contributed by atoms with Crippen LogP contribution in [0.1, 0.15) is 10.4 Å². The standard InChI is InChI=1S/C10H10ClNO4/c1-16-6-2-3-7(8(11)4-6)10(15)12-5-9(13)14/h2-4H,5H2,1H3,(H,12,15)(H,13,14). The van der Waals surface area contributed by atoms with Gasteiger partial charge in [-0.1, -0.05) is 11.6 Å². The van der Waals surface area contributed by atoms with E-state index in [0.717, 1.165) is 0 Å². The first-order valence-corrected chi connectivity index (χ1v) is 4.76. The Balaban J connectivity index is 2.79. The van der Waals surface area contributed by atoms with Crippen LogP contribution in [-0.2, 0) is 4.79 Å². The van der Waals surface area contributed by atoms with Gasteiger partial charge in [-0.25, -0.2) is 0 Å². The first kappa shape index (κ1) is 12.3. The molecule has 0 spiro atoms. The zero-order valence-corrected chi connectivity index (χ0v) is 9.25. The number of carbonyl (C=O) groups is 2. The molecule has 0 saturated heterocycles. The van der Waals surface area contributed by atoms with Gasteiger partial charge in [0, 0.05) is 0 Å². The molecule has 1 aromatic carbocycles. The van der Waals surface area contributed by atoms with Crippen molar-refractivity contribution in [1.82, 2.24) is 5.32 Å². The number of benzene rings is 1. The van der Waals surface area contributed by atoms with Crippen molar-refractivity contribution in [2.75, 3.05) is 13.7 Å². The average molecular weight is 244 g/mol. The number of hydrogen-bond acceptors (Lipinski definition) is 3. The van der Waals surface area contributed by atoms with E-state index in [1.807, 2.05) is 0 Å². The molecule has 0 fully saturated rings. The van der Waals surface area contributed by atoms with E-state index in [2.05, 4.69) is 5.32 Å². The molecule has 0 radical (unpaired) electrons. The van der Waals surface area contributed by atoms with Crippen molar-refractivity contribution in [2.45, 2.75) is 0 Å². The van der Waals surface area contributed by atoms with E-state index in [-0.39, 0.29) is 10.6 Å². The van der Waals surface area contributed by atoms with Crippen LogP contribution in [0, 0.1) is 0 Å². The van der Waals surface area contributed by atoms with Crippen LogP contribution in [0.5, 0.6) is 5.75 Å². The summed E-state index contributed by atoms with van der Waals surface area (Å²) in [7, 11) is 1.48. The lowest BCUT2D eigenvalue weighted by molar-refractivity contribution is -0.135. The number of carboxylic acid groups (broad SMARTS) is 1. The average Bonchev–Trinajstić information content (AvgIpc) is 2.25. The van der Waals surface area contributed by atoms with Gasteiger partial charge in [0.25, 0.3) is 5.91 Å². The van der Waals surface area contributed by atoms with Crippen LogP contribution in [0.15, 0.2) is 18.2 Å². The smallest absolute Gasteiger partial charge is 0.322 e. The first-order chi connectivity index (χ1) is 7.54. The molecule has 0 unspecified atom stereocenters. The fraction of sp³-hybridized carbons (Fsp3) is 0.200. The van der Waals surface area contributed by atoms with Crippen LogP contribution in [0.2, 0.25) is 5.02 Å². The molecule has 0 aliphatic heterocycles. The molecule has 0 aliphatic carbocycles. The molecule has 16 heavy (non-hydrogen) atoms. The van der Waals surface area contributed by atoms with Crippen LogP contribution in [-0.4, -0.2) is 30.6 Å². The highest BCUT2D eigenvalue weighted by Gasteiger charge is 2.11. The lowest BCUT2D eigenvalue weighted by atomic mass is 10.2. The number of halogens is 1. The van der Waals surface area contributed by atoms with E-state index in [0.29, 0.717) is 5.75 Å². The molecule has 0 aromatic heterocycles. The monoisotopic (exact) mass is 243 g/mol. The van der Waals surface area contributed by atoms with Gasteiger partial charge in [0.2, 0.25) is 0 Å². The molecule has 6 heteroatoms. The largest absolute Gasteiger partial charge is 0.497 e. The summed E-state index contributed by atoms with van der Waals surface area (Å²) in [5, 5.41) is 10.8. The van der Waals surface area contributed by atoms with Gasteiger partial charge in [-0.3, -0.25) is 9.59 Å². The van der Waals surface area contributed by atoms with Crippen molar-refractivity contribution in [3.63, 3.8) is 0 Å². The van der Waals surface area contributed by atoms with Crippen molar-refractivity contribution in [3.8, 4) is 5.75 Å². The van der Waals surface area contributed by atoms with Gasteiger partial charge in [-0.2, -0.15) is 0 Å². The van der Waals surface area contributed by atoms with Crippen LogP contribution in [0.25, 0.3) is 0 Å². The van der Waals surface area contributed by atoms with E-state index >= 15 is 0 Å². The van der Waals surface area contributed by atoms with Gasteiger partial charge in [-0.15, -0.1) is 0 Å². The minimum Gasteiger partial charge on any atom is -0.497 e. The highest BCUT2D eigenvalue weighted by atomic mass is 35.5. The Hall–Kier alpha value is -1.75. The summed E-state index contributed by atoms with van der Waals surface area (Å²) in [6.45, 7) is -0.443. The fourth-order valence-electron chi connectivity index (χ4n) is 1.06. The number of carbonyl (C=O) groups excluding carboxylic acids is 1. The van der Waals surface area contributed by atoms with Gasteiger partial charge < -0.3 is 15.2 Å².